The Hall–Kier alpha value is -0.870. The summed E-state index contributed by atoms with van der Waals surface area (Å²) < 4.78 is 0. The van der Waals surface area contributed by atoms with Crippen molar-refractivity contribution in [2.24, 2.45) is 5.92 Å². The Kier molecular flexibility index (Phi) is 4.62. The highest BCUT2D eigenvalue weighted by Gasteiger charge is 2.11. The molecule has 0 aliphatic heterocycles. The molecule has 1 heterocycles. The Morgan fingerprint density at radius 2 is 2.36 bits per heavy atom. The molecule has 80 valence electrons. The fourth-order valence-electron chi connectivity index (χ4n) is 1.43. The second kappa shape index (κ2) is 5.78. The summed E-state index contributed by atoms with van der Waals surface area (Å²) in [7, 11) is 0. The van der Waals surface area contributed by atoms with Crippen molar-refractivity contribution in [2.45, 2.75) is 32.9 Å². The van der Waals surface area contributed by atoms with Crippen LogP contribution in [0.25, 0.3) is 0 Å². The monoisotopic (exact) mass is 197 g/mol. The van der Waals surface area contributed by atoms with Crippen LogP contribution in [0, 0.1) is 5.92 Å². The number of aliphatic hydroxyl groups excluding tert-OH is 1. The smallest absolute Gasteiger partial charge is 0.0490 e. The minimum absolute atomic E-state index is 0.235. The van der Waals surface area contributed by atoms with E-state index < -0.39 is 0 Å². The third kappa shape index (κ3) is 3.47. The largest absolute Gasteiger partial charge is 0.396 e. The van der Waals surface area contributed by atoms with Crippen LogP contribution in [0.15, 0.2) is 12.3 Å². The van der Waals surface area contributed by atoms with Crippen LogP contribution in [0.5, 0.6) is 0 Å². The van der Waals surface area contributed by atoms with E-state index in [-0.39, 0.29) is 6.61 Å². The lowest BCUT2D eigenvalue weighted by Gasteiger charge is -2.21. The molecule has 0 bridgehead atoms. The zero-order valence-electron chi connectivity index (χ0n) is 8.83. The molecule has 0 saturated carbocycles. The molecule has 4 heteroatoms. The molecule has 0 fully saturated rings. The van der Waals surface area contributed by atoms with E-state index in [1.54, 1.807) is 6.20 Å². The van der Waals surface area contributed by atoms with Crippen molar-refractivity contribution in [1.82, 2.24) is 15.5 Å². The molecule has 0 amide bonds. The summed E-state index contributed by atoms with van der Waals surface area (Å²) in [4.78, 5) is 0. The first kappa shape index (κ1) is 11.2. The quantitative estimate of drug-likeness (QED) is 0.635. The molecule has 3 N–H and O–H groups in total. The van der Waals surface area contributed by atoms with Crippen molar-refractivity contribution < 1.29 is 5.11 Å². The van der Waals surface area contributed by atoms with Crippen LogP contribution in [0.4, 0.5) is 0 Å². The third-order valence-electron chi connectivity index (χ3n) is 2.36. The standard InChI is InChI=1S/C10H19N3O/c1-8(2)10(4-6-14)11-7-9-3-5-12-13-9/h3,5,8,10-11,14H,4,6-7H2,1-2H3,(H,12,13). The van der Waals surface area contributed by atoms with Crippen LogP contribution in [-0.4, -0.2) is 28.0 Å². The number of aliphatic hydroxyl groups is 1. The number of hydrogen-bond donors (Lipinski definition) is 3. The van der Waals surface area contributed by atoms with Crippen molar-refractivity contribution in [3.63, 3.8) is 0 Å². The van der Waals surface area contributed by atoms with Crippen molar-refractivity contribution >= 4 is 0 Å². The van der Waals surface area contributed by atoms with E-state index in [4.69, 9.17) is 5.11 Å². The molecule has 0 aromatic carbocycles. The van der Waals surface area contributed by atoms with Crippen LogP contribution in [0.3, 0.4) is 0 Å². The molecule has 4 nitrogen and oxygen atoms in total. The van der Waals surface area contributed by atoms with Gasteiger partial charge in [-0.1, -0.05) is 13.8 Å². The van der Waals surface area contributed by atoms with Gasteiger partial charge < -0.3 is 10.4 Å². The van der Waals surface area contributed by atoms with Crippen molar-refractivity contribution in [2.75, 3.05) is 6.61 Å². The first-order chi connectivity index (χ1) is 6.74. The summed E-state index contributed by atoms with van der Waals surface area (Å²) in [5.74, 6) is 0.532. The summed E-state index contributed by atoms with van der Waals surface area (Å²) in [6.07, 6.45) is 2.54. The van der Waals surface area contributed by atoms with Gasteiger partial charge in [0.05, 0.1) is 0 Å². The maximum atomic E-state index is 8.88. The van der Waals surface area contributed by atoms with Crippen molar-refractivity contribution in [3.8, 4) is 0 Å². The minimum atomic E-state index is 0.235. The summed E-state index contributed by atoms with van der Waals surface area (Å²) >= 11 is 0. The number of nitrogens with zero attached hydrogens (tertiary/aromatic N) is 1. The highest BCUT2D eigenvalue weighted by Crippen LogP contribution is 2.06. The fraction of sp³-hybridized carbons (Fsp3) is 0.700. The third-order valence-corrected chi connectivity index (χ3v) is 2.36. The average Bonchev–Trinajstić information content (AvgIpc) is 2.64. The number of hydrogen-bond acceptors (Lipinski definition) is 3. The predicted molar refractivity (Wildman–Crippen MR) is 55.8 cm³/mol. The normalized spacial score (nSPS) is 13.4. The van der Waals surface area contributed by atoms with Gasteiger partial charge in [0, 0.05) is 31.1 Å². The van der Waals surface area contributed by atoms with Gasteiger partial charge >= 0.3 is 0 Å². The Morgan fingerprint density at radius 1 is 1.57 bits per heavy atom. The van der Waals surface area contributed by atoms with Gasteiger partial charge in [-0.3, -0.25) is 5.10 Å². The number of aromatic nitrogens is 2. The summed E-state index contributed by atoms with van der Waals surface area (Å²) in [5, 5.41) is 19.0. The van der Waals surface area contributed by atoms with Crippen LogP contribution >= 0.6 is 0 Å². The first-order valence-electron chi connectivity index (χ1n) is 5.06. The van der Waals surface area contributed by atoms with E-state index in [0.29, 0.717) is 12.0 Å². The van der Waals surface area contributed by atoms with Gasteiger partial charge in [-0.25, -0.2) is 0 Å². The zero-order chi connectivity index (χ0) is 10.4. The molecule has 1 unspecified atom stereocenters. The number of rotatable bonds is 6. The van der Waals surface area contributed by atoms with E-state index in [1.807, 2.05) is 6.07 Å². The second-order valence-electron chi connectivity index (χ2n) is 3.83. The number of H-pyrrole nitrogens is 1. The fourth-order valence-corrected chi connectivity index (χ4v) is 1.43. The van der Waals surface area contributed by atoms with E-state index >= 15 is 0 Å². The van der Waals surface area contributed by atoms with Crippen LogP contribution in [0.1, 0.15) is 26.0 Å². The Bertz CT molecular complexity index is 234. The molecule has 1 atom stereocenters. The molecule has 0 radical (unpaired) electrons. The maximum absolute atomic E-state index is 8.88. The first-order valence-corrected chi connectivity index (χ1v) is 5.06. The van der Waals surface area contributed by atoms with Gasteiger partial charge in [-0.15, -0.1) is 0 Å². The summed E-state index contributed by atoms with van der Waals surface area (Å²) in [6, 6.07) is 2.31. The van der Waals surface area contributed by atoms with E-state index in [2.05, 4.69) is 29.4 Å². The van der Waals surface area contributed by atoms with Crippen LogP contribution in [-0.2, 0) is 6.54 Å². The zero-order valence-corrected chi connectivity index (χ0v) is 8.83. The average molecular weight is 197 g/mol. The molecular weight excluding hydrogens is 178 g/mol. The van der Waals surface area contributed by atoms with Crippen molar-refractivity contribution in [1.29, 1.82) is 0 Å². The lowest BCUT2D eigenvalue weighted by atomic mass is 10.0. The molecule has 0 saturated heterocycles. The molecule has 1 rings (SSSR count). The Balaban J connectivity index is 2.33. The highest BCUT2D eigenvalue weighted by atomic mass is 16.3. The van der Waals surface area contributed by atoms with Crippen molar-refractivity contribution in [3.05, 3.63) is 18.0 Å². The van der Waals surface area contributed by atoms with E-state index in [1.165, 1.54) is 0 Å². The number of aromatic amines is 1. The molecule has 1 aromatic rings. The highest BCUT2D eigenvalue weighted by molar-refractivity contribution is 4.97. The van der Waals surface area contributed by atoms with Gasteiger partial charge in [0.15, 0.2) is 0 Å². The molecular formula is C10H19N3O. The van der Waals surface area contributed by atoms with Gasteiger partial charge in [-0.2, -0.15) is 5.10 Å². The number of nitrogens with one attached hydrogen (secondary N) is 2. The lowest BCUT2D eigenvalue weighted by molar-refractivity contribution is 0.243. The molecule has 1 aromatic heterocycles. The Labute approximate surface area is 84.7 Å². The molecule has 0 aliphatic rings. The Morgan fingerprint density at radius 3 is 2.86 bits per heavy atom. The second-order valence-corrected chi connectivity index (χ2v) is 3.83. The summed E-state index contributed by atoms with van der Waals surface area (Å²) in [5.41, 5.74) is 1.08. The van der Waals surface area contributed by atoms with Crippen LogP contribution in [0.2, 0.25) is 0 Å². The van der Waals surface area contributed by atoms with Crippen LogP contribution < -0.4 is 5.32 Å². The van der Waals surface area contributed by atoms with E-state index in [0.717, 1.165) is 18.7 Å². The molecule has 0 spiro atoms. The molecule has 0 aliphatic carbocycles. The van der Waals surface area contributed by atoms with E-state index in [9.17, 15) is 0 Å². The minimum Gasteiger partial charge on any atom is -0.396 e. The summed E-state index contributed by atoms with van der Waals surface area (Å²) in [6.45, 7) is 5.32. The lowest BCUT2D eigenvalue weighted by Crippen LogP contribution is -2.34. The van der Waals surface area contributed by atoms with Gasteiger partial charge in [0.2, 0.25) is 0 Å². The van der Waals surface area contributed by atoms with Gasteiger partial charge in [-0.05, 0) is 18.4 Å². The molecule has 14 heavy (non-hydrogen) atoms. The topological polar surface area (TPSA) is 60.9 Å². The van der Waals surface area contributed by atoms with Gasteiger partial charge in [0.1, 0.15) is 0 Å². The predicted octanol–water partition coefficient (Wildman–Crippen LogP) is 0.906. The SMILES string of the molecule is CC(C)C(CCO)NCc1ccn[nH]1. The maximum Gasteiger partial charge on any atom is 0.0490 e. The van der Waals surface area contributed by atoms with Gasteiger partial charge in [0.25, 0.3) is 0 Å².